The van der Waals surface area contributed by atoms with Crippen LogP contribution in [0.15, 0.2) is 36.8 Å². The van der Waals surface area contributed by atoms with Gasteiger partial charge < -0.3 is 10.4 Å². The fourth-order valence-electron chi connectivity index (χ4n) is 2.76. The Morgan fingerprint density at radius 1 is 1.38 bits per heavy atom. The van der Waals surface area contributed by atoms with Gasteiger partial charge in [0.05, 0.1) is 11.6 Å². The molecule has 2 aromatic heterocycles. The van der Waals surface area contributed by atoms with Crippen LogP contribution in [-0.4, -0.2) is 25.7 Å². The molecule has 6 nitrogen and oxygen atoms in total. The van der Waals surface area contributed by atoms with E-state index in [0.29, 0.717) is 16.9 Å². The van der Waals surface area contributed by atoms with Crippen molar-refractivity contribution in [3.63, 3.8) is 0 Å². The smallest absolute Gasteiger partial charge is 0.337 e. The Bertz CT molecular complexity index is 889. The summed E-state index contributed by atoms with van der Waals surface area (Å²) in [5.41, 5.74) is 2.33. The maximum absolute atomic E-state index is 13.1. The number of fused-ring (bicyclic) bond motifs is 1. The number of halogens is 1. The quantitative estimate of drug-likeness (QED) is 0.750. The van der Waals surface area contributed by atoms with Crippen LogP contribution in [0.5, 0.6) is 0 Å². The zero-order valence-corrected chi connectivity index (χ0v) is 13.3. The second kappa shape index (κ2) is 6.27. The van der Waals surface area contributed by atoms with E-state index < -0.39 is 5.97 Å². The van der Waals surface area contributed by atoms with Crippen LogP contribution in [0.3, 0.4) is 0 Å². The van der Waals surface area contributed by atoms with E-state index in [2.05, 4.69) is 15.4 Å². The second-order valence-corrected chi connectivity index (χ2v) is 5.53. The van der Waals surface area contributed by atoms with Crippen LogP contribution in [0.2, 0.25) is 0 Å². The third-order valence-electron chi connectivity index (χ3n) is 4.05. The number of aromatic nitrogens is 3. The number of carbonyl (C=O) groups is 1. The van der Waals surface area contributed by atoms with Gasteiger partial charge in [0.25, 0.3) is 0 Å². The van der Waals surface area contributed by atoms with Crippen molar-refractivity contribution in [1.29, 1.82) is 0 Å². The van der Waals surface area contributed by atoms with Gasteiger partial charge in [0.15, 0.2) is 5.82 Å². The average Bonchev–Trinajstić information content (AvgIpc) is 2.92. The first-order valence-electron chi connectivity index (χ1n) is 7.59. The van der Waals surface area contributed by atoms with Crippen LogP contribution in [0, 0.1) is 12.7 Å². The highest BCUT2D eigenvalue weighted by molar-refractivity contribution is 5.93. The number of hydrogen-bond donors (Lipinski definition) is 2. The molecule has 0 saturated heterocycles. The van der Waals surface area contributed by atoms with Gasteiger partial charge in [-0.2, -0.15) is 5.10 Å². The molecule has 0 aliphatic heterocycles. The van der Waals surface area contributed by atoms with Gasteiger partial charge >= 0.3 is 5.97 Å². The lowest BCUT2D eigenvalue weighted by Gasteiger charge is -2.18. The summed E-state index contributed by atoms with van der Waals surface area (Å²) in [6, 6.07) is 6.21. The zero-order valence-electron chi connectivity index (χ0n) is 13.3. The Hall–Kier alpha value is -2.96. The first-order valence-corrected chi connectivity index (χ1v) is 7.59. The summed E-state index contributed by atoms with van der Waals surface area (Å²) < 4.78 is 14.6. The third-order valence-corrected chi connectivity index (χ3v) is 4.05. The van der Waals surface area contributed by atoms with Crippen molar-refractivity contribution in [2.75, 3.05) is 5.32 Å². The molecule has 3 aromatic rings. The number of nitrogens with one attached hydrogen (secondary N) is 1. The molecule has 0 fully saturated rings. The molecule has 1 atom stereocenters. The molecule has 0 amide bonds. The summed E-state index contributed by atoms with van der Waals surface area (Å²) in [7, 11) is 0. The molecule has 0 bridgehead atoms. The minimum absolute atomic E-state index is 0.0770. The van der Waals surface area contributed by atoms with E-state index >= 15 is 0 Å². The van der Waals surface area contributed by atoms with Crippen LogP contribution in [0.25, 0.3) is 5.52 Å². The number of rotatable bonds is 5. The molecule has 0 unspecified atom stereocenters. The number of hydrogen-bond acceptors (Lipinski definition) is 4. The van der Waals surface area contributed by atoms with E-state index in [1.165, 1.54) is 29.2 Å². The van der Waals surface area contributed by atoms with E-state index in [-0.39, 0.29) is 17.4 Å². The van der Waals surface area contributed by atoms with Crippen molar-refractivity contribution >= 4 is 17.3 Å². The van der Waals surface area contributed by atoms with Gasteiger partial charge in [-0.15, -0.1) is 0 Å². The van der Waals surface area contributed by atoms with Crippen molar-refractivity contribution in [2.45, 2.75) is 26.3 Å². The van der Waals surface area contributed by atoms with Crippen LogP contribution in [0.1, 0.15) is 40.9 Å². The van der Waals surface area contributed by atoms with Gasteiger partial charge in [-0.25, -0.2) is 18.7 Å². The zero-order chi connectivity index (χ0) is 17.3. The summed E-state index contributed by atoms with van der Waals surface area (Å²) in [5.74, 6) is -0.743. The Balaban J connectivity index is 2.02. The van der Waals surface area contributed by atoms with Crippen LogP contribution in [0.4, 0.5) is 10.2 Å². The molecule has 24 heavy (non-hydrogen) atoms. The van der Waals surface area contributed by atoms with Crippen LogP contribution in [-0.2, 0) is 0 Å². The molecule has 2 heterocycles. The molecular weight excluding hydrogens is 311 g/mol. The van der Waals surface area contributed by atoms with Crippen molar-refractivity contribution in [3.8, 4) is 0 Å². The number of aromatic carboxylic acids is 1. The first-order chi connectivity index (χ1) is 11.5. The summed E-state index contributed by atoms with van der Waals surface area (Å²) in [5, 5.41) is 16.7. The largest absolute Gasteiger partial charge is 0.478 e. The maximum atomic E-state index is 13.1. The minimum atomic E-state index is -1.01. The average molecular weight is 328 g/mol. The summed E-state index contributed by atoms with van der Waals surface area (Å²) >= 11 is 0. The van der Waals surface area contributed by atoms with Gasteiger partial charge in [-0.1, -0.05) is 19.1 Å². The lowest BCUT2D eigenvalue weighted by molar-refractivity contribution is 0.0696. The van der Waals surface area contributed by atoms with E-state index in [9.17, 15) is 14.3 Å². The molecule has 0 spiro atoms. The predicted molar refractivity (Wildman–Crippen MR) is 87.7 cm³/mol. The maximum Gasteiger partial charge on any atom is 0.337 e. The molecule has 0 radical (unpaired) electrons. The standard InChI is InChI=1S/C17H17FN4O2/c1-3-14(11-4-6-12(18)7-5-11)21-16-15-10(2)13(17(23)24)8-22(15)20-9-19-16/h4-9,14H,3H2,1-2H3,(H,23,24)(H,19,20,21)/t14-/m1/s1. The SMILES string of the molecule is CC[C@@H](Nc1ncnn2cc(C(=O)O)c(C)c12)c1ccc(F)cc1. The Morgan fingerprint density at radius 2 is 2.08 bits per heavy atom. The van der Waals surface area contributed by atoms with Crippen molar-refractivity contribution in [1.82, 2.24) is 14.6 Å². The van der Waals surface area contributed by atoms with E-state index in [4.69, 9.17) is 0 Å². The van der Waals surface area contributed by atoms with Gasteiger partial charge in [0, 0.05) is 6.20 Å². The van der Waals surface area contributed by atoms with Crippen LogP contribution < -0.4 is 5.32 Å². The lowest BCUT2D eigenvalue weighted by Crippen LogP contribution is -2.12. The van der Waals surface area contributed by atoms with Crippen molar-refractivity contribution < 1.29 is 14.3 Å². The number of carboxylic acids is 1. The summed E-state index contributed by atoms with van der Waals surface area (Å²) in [4.78, 5) is 15.6. The fourth-order valence-corrected chi connectivity index (χ4v) is 2.76. The second-order valence-electron chi connectivity index (χ2n) is 5.53. The number of benzene rings is 1. The molecular formula is C17H17FN4O2. The molecule has 3 rings (SSSR count). The van der Waals surface area contributed by atoms with Gasteiger partial charge in [-0.3, -0.25) is 0 Å². The van der Waals surface area contributed by atoms with E-state index in [0.717, 1.165) is 12.0 Å². The monoisotopic (exact) mass is 328 g/mol. The number of aryl methyl sites for hydroxylation is 1. The minimum Gasteiger partial charge on any atom is -0.478 e. The highest BCUT2D eigenvalue weighted by atomic mass is 19.1. The molecule has 2 N–H and O–H groups in total. The van der Waals surface area contributed by atoms with E-state index in [1.807, 2.05) is 6.92 Å². The van der Waals surface area contributed by atoms with Gasteiger partial charge in [-0.05, 0) is 36.6 Å². The summed E-state index contributed by atoms with van der Waals surface area (Å²) in [6.07, 6.45) is 3.60. The Labute approximate surface area is 138 Å². The highest BCUT2D eigenvalue weighted by Crippen LogP contribution is 2.27. The normalized spacial score (nSPS) is 12.3. The molecule has 124 valence electrons. The highest BCUT2D eigenvalue weighted by Gasteiger charge is 2.19. The third kappa shape index (κ3) is 2.80. The molecule has 0 saturated carbocycles. The number of nitrogens with zero attached hydrogens (tertiary/aromatic N) is 3. The molecule has 0 aliphatic rings. The number of anilines is 1. The van der Waals surface area contributed by atoms with Crippen molar-refractivity contribution in [3.05, 3.63) is 59.3 Å². The van der Waals surface area contributed by atoms with Crippen molar-refractivity contribution in [2.24, 2.45) is 0 Å². The van der Waals surface area contributed by atoms with Gasteiger partial charge in [0.1, 0.15) is 17.7 Å². The summed E-state index contributed by atoms with van der Waals surface area (Å²) in [6.45, 7) is 3.74. The molecule has 1 aromatic carbocycles. The van der Waals surface area contributed by atoms with E-state index in [1.54, 1.807) is 19.1 Å². The number of carboxylic acid groups (broad SMARTS) is 1. The molecule has 7 heteroatoms. The Morgan fingerprint density at radius 3 is 2.71 bits per heavy atom. The predicted octanol–water partition coefficient (Wildman–Crippen LogP) is 3.44. The topological polar surface area (TPSA) is 79.5 Å². The first kappa shape index (κ1) is 15.9. The lowest BCUT2D eigenvalue weighted by atomic mass is 10.0. The Kier molecular flexibility index (Phi) is 4.16. The van der Waals surface area contributed by atoms with Crippen LogP contribution >= 0.6 is 0 Å². The molecule has 0 aliphatic carbocycles. The van der Waals surface area contributed by atoms with Gasteiger partial charge in [0.2, 0.25) is 0 Å². The fraction of sp³-hybridized carbons (Fsp3) is 0.235.